The number of fused-ring (bicyclic) bond motifs is 3. The SMILES string of the molecule is COC(=O)C1O[C@@H](OCC(C)(C)c2cc(NC(=O)Nc3ccc(-c4cn5c(n4)sc4cc(OCCN6CCOCC6)ccc45)cc3)no2)C(OC(C)=O)C(OC(C)=O)C1OC(C)=O.[HH].[HH]. The highest BCUT2D eigenvalue weighted by molar-refractivity contribution is 7.23. The van der Waals surface area contributed by atoms with E-state index in [1.165, 1.54) is 6.07 Å². The van der Waals surface area contributed by atoms with Crippen LogP contribution in [0.25, 0.3) is 26.4 Å². The molecule has 20 nitrogen and oxygen atoms in total. The summed E-state index contributed by atoms with van der Waals surface area (Å²) in [6.07, 6.45) is -5.66. The summed E-state index contributed by atoms with van der Waals surface area (Å²) in [6, 6.07) is 14.2. The molecule has 21 heteroatoms. The molecule has 4 unspecified atom stereocenters. The second kappa shape index (κ2) is 19.5. The van der Waals surface area contributed by atoms with E-state index in [1.54, 1.807) is 37.3 Å². The van der Waals surface area contributed by atoms with E-state index in [4.69, 9.17) is 47.4 Å². The van der Waals surface area contributed by atoms with Crippen LogP contribution >= 0.6 is 11.3 Å². The first-order valence-electron chi connectivity index (χ1n) is 20.0. The lowest BCUT2D eigenvalue weighted by Crippen LogP contribution is -2.64. The number of carbonyl (C=O) groups excluding carboxylic acids is 5. The summed E-state index contributed by atoms with van der Waals surface area (Å²) < 4.78 is 53.0. The summed E-state index contributed by atoms with van der Waals surface area (Å²) in [5.41, 5.74) is 2.22. The minimum atomic E-state index is -1.62. The second-order valence-electron chi connectivity index (χ2n) is 15.4. The number of imidazole rings is 1. The zero-order valence-corrected chi connectivity index (χ0v) is 36.3. The van der Waals surface area contributed by atoms with E-state index in [2.05, 4.69) is 25.1 Å². The van der Waals surface area contributed by atoms with Crippen molar-refractivity contribution in [3.63, 3.8) is 0 Å². The number of methoxy groups -OCH3 is 1. The zero-order valence-electron chi connectivity index (χ0n) is 35.4. The maximum Gasteiger partial charge on any atom is 0.339 e. The van der Waals surface area contributed by atoms with Gasteiger partial charge in [0.2, 0.25) is 0 Å². The molecule has 2 fully saturated rings. The van der Waals surface area contributed by atoms with Crippen LogP contribution in [0.15, 0.2) is 59.3 Å². The predicted molar refractivity (Wildman–Crippen MR) is 228 cm³/mol. The van der Waals surface area contributed by atoms with E-state index in [0.717, 1.165) is 92.9 Å². The van der Waals surface area contributed by atoms with Crippen LogP contribution in [-0.2, 0) is 57.8 Å². The molecule has 2 amide bonds. The maximum atomic E-state index is 13.0. The molecule has 2 aliphatic heterocycles. The number of nitrogens with zero attached hydrogens (tertiary/aromatic N) is 4. The van der Waals surface area contributed by atoms with Crippen molar-refractivity contribution in [1.82, 2.24) is 19.4 Å². The minimum absolute atomic E-state index is 0. The van der Waals surface area contributed by atoms with E-state index in [0.29, 0.717) is 12.3 Å². The average molecular weight is 897 g/mol. The van der Waals surface area contributed by atoms with Gasteiger partial charge in [-0.3, -0.25) is 29.0 Å². The van der Waals surface area contributed by atoms with Gasteiger partial charge in [-0.1, -0.05) is 42.5 Å². The van der Waals surface area contributed by atoms with Gasteiger partial charge in [0.05, 0.1) is 42.8 Å². The van der Waals surface area contributed by atoms with Gasteiger partial charge >= 0.3 is 29.9 Å². The first-order valence-corrected chi connectivity index (χ1v) is 20.9. The van der Waals surface area contributed by atoms with Gasteiger partial charge in [-0.2, -0.15) is 0 Å². The summed E-state index contributed by atoms with van der Waals surface area (Å²) in [5, 5.41) is 9.40. The number of carbonyl (C=O) groups is 5. The highest BCUT2D eigenvalue weighted by Crippen LogP contribution is 2.34. The Hall–Kier alpha value is -6.13. The lowest BCUT2D eigenvalue weighted by Gasteiger charge is -2.43. The van der Waals surface area contributed by atoms with Crippen LogP contribution in [0.3, 0.4) is 0 Å². The number of thiazole rings is 1. The van der Waals surface area contributed by atoms with Crippen molar-refractivity contribution in [2.24, 2.45) is 0 Å². The summed E-state index contributed by atoms with van der Waals surface area (Å²) in [7, 11) is 1.09. The topological polar surface area (TPSA) is 230 Å². The number of ether oxygens (including phenoxy) is 8. The Balaban J connectivity index is 0.00000397. The molecule has 2 saturated heterocycles. The quantitative estimate of drug-likeness (QED) is 0.104. The zero-order chi connectivity index (χ0) is 44.8. The molecule has 340 valence electrons. The largest absolute Gasteiger partial charge is 0.492 e. The number of urea groups is 1. The smallest absolute Gasteiger partial charge is 0.339 e. The number of aromatic nitrogens is 3. The number of esters is 4. The van der Waals surface area contributed by atoms with Gasteiger partial charge in [0.15, 0.2) is 41.5 Å². The van der Waals surface area contributed by atoms with Crippen molar-refractivity contribution in [3.05, 3.63) is 60.5 Å². The summed E-state index contributed by atoms with van der Waals surface area (Å²) in [4.78, 5) is 70.1. The molecule has 0 radical (unpaired) electrons. The fraction of sp³-hybridized carbons (Fsp3) is 0.452. The van der Waals surface area contributed by atoms with Gasteiger partial charge in [0.25, 0.3) is 0 Å². The Morgan fingerprint density at radius 3 is 2.30 bits per heavy atom. The van der Waals surface area contributed by atoms with E-state index in [9.17, 15) is 24.0 Å². The van der Waals surface area contributed by atoms with Crippen molar-refractivity contribution in [2.75, 3.05) is 63.8 Å². The monoisotopic (exact) mass is 896 g/mol. The van der Waals surface area contributed by atoms with E-state index in [1.807, 2.05) is 36.5 Å². The number of benzene rings is 2. The number of rotatable bonds is 15. The number of anilines is 2. The number of nitrogens with one attached hydrogen (secondary N) is 2. The highest BCUT2D eigenvalue weighted by Gasteiger charge is 2.55. The van der Waals surface area contributed by atoms with Gasteiger partial charge in [0, 0.05) is 72.2 Å². The van der Waals surface area contributed by atoms with Crippen molar-refractivity contribution in [1.29, 1.82) is 0 Å². The van der Waals surface area contributed by atoms with Crippen molar-refractivity contribution in [2.45, 2.75) is 70.7 Å². The third kappa shape index (κ3) is 10.9. The summed E-state index contributed by atoms with van der Waals surface area (Å²) >= 11 is 1.58. The van der Waals surface area contributed by atoms with Gasteiger partial charge in [-0.25, -0.2) is 14.6 Å². The van der Waals surface area contributed by atoms with Crippen LogP contribution in [0.1, 0.15) is 43.2 Å². The van der Waals surface area contributed by atoms with Crippen LogP contribution in [0.5, 0.6) is 5.75 Å². The minimum Gasteiger partial charge on any atom is -0.492 e. The molecule has 2 N–H and O–H groups in total. The Bertz CT molecular complexity index is 2450. The van der Waals surface area contributed by atoms with Crippen LogP contribution in [-0.4, -0.2) is 133 Å². The van der Waals surface area contributed by atoms with Crippen molar-refractivity contribution < 1.29 is 69.2 Å². The Morgan fingerprint density at radius 2 is 1.60 bits per heavy atom. The lowest BCUT2D eigenvalue weighted by atomic mass is 9.91. The average Bonchev–Trinajstić information content (AvgIpc) is 3.97. The number of hydrogen-bond acceptors (Lipinski definition) is 18. The van der Waals surface area contributed by atoms with Gasteiger partial charge in [-0.15, -0.1) is 0 Å². The third-order valence-corrected chi connectivity index (χ3v) is 11.2. The summed E-state index contributed by atoms with van der Waals surface area (Å²) in [5.74, 6) is -2.20. The molecule has 2 aromatic carbocycles. The van der Waals surface area contributed by atoms with Crippen molar-refractivity contribution >= 4 is 67.9 Å². The molecule has 3 aromatic heterocycles. The maximum absolute atomic E-state index is 13.0. The number of amides is 2. The first-order chi connectivity index (χ1) is 30.2. The van der Waals surface area contributed by atoms with E-state index >= 15 is 0 Å². The van der Waals surface area contributed by atoms with Crippen LogP contribution in [0.2, 0.25) is 0 Å². The van der Waals surface area contributed by atoms with Crippen molar-refractivity contribution in [3.8, 4) is 17.0 Å². The fourth-order valence-corrected chi connectivity index (χ4v) is 8.10. The number of hydrogen-bond donors (Lipinski definition) is 2. The van der Waals surface area contributed by atoms with Gasteiger partial charge in [0.1, 0.15) is 18.1 Å². The molecule has 5 aromatic rings. The molecule has 0 aliphatic carbocycles. The Kier molecular flexibility index (Phi) is 13.9. The van der Waals surface area contributed by atoms with E-state index in [-0.39, 0.29) is 21.0 Å². The van der Waals surface area contributed by atoms with Gasteiger partial charge in [-0.05, 0) is 30.3 Å². The normalized spacial score (nSPS) is 20.5. The Labute approximate surface area is 367 Å². The lowest BCUT2D eigenvalue weighted by molar-refractivity contribution is -0.303. The Morgan fingerprint density at radius 1 is 0.905 bits per heavy atom. The van der Waals surface area contributed by atoms with Gasteiger partial charge < -0.3 is 47.7 Å². The molecule has 5 heterocycles. The molecule has 0 saturated carbocycles. The molecular weight excluding hydrogens is 845 g/mol. The standard InChI is InChI=1S/C42H48N6O14S.2H2/c1-23(49)58-34-35(59-24(2)50)37(60-25(3)51)39(61-36(34)38(52)54-6)57-22-42(4,5)32-20-33(46-62-32)45-40(53)43-27-9-7-26(8-10-27)29-21-48-30-12-11-28(19-31(30)63-41(48)44-29)56-18-15-47-13-16-55-17-14-47;;/h7-12,19-21,34-37,39H,13-18,22H2,1-6H3,(H2,43,45,46,53);2*1H/t34?,35?,36?,37?,39-;;/m1../s1. The first kappa shape index (κ1) is 44.9. The molecule has 0 spiro atoms. The fourth-order valence-electron chi connectivity index (χ4n) is 7.06. The van der Waals surface area contributed by atoms with Crippen LogP contribution in [0, 0.1) is 0 Å². The highest BCUT2D eigenvalue weighted by atomic mass is 32.1. The molecule has 0 bridgehead atoms. The third-order valence-electron chi connectivity index (χ3n) is 10.1. The molecule has 7 rings (SSSR count). The van der Waals surface area contributed by atoms with Crippen LogP contribution < -0.4 is 15.4 Å². The van der Waals surface area contributed by atoms with Crippen LogP contribution in [0.4, 0.5) is 16.3 Å². The molecular formula is C42H52N6O14S. The number of morpholine rings is 1. The second-order valence-corrected chi connectivity index (χ2v) is 16.4. The predicted octanol–water partition coefficient (Wildman–Crippen LogP) is 5.04. The molecule has 63 heavy (non-hydrogen) atoms. The molecule has 2 aliphatic rings. The van der Waals surface area contributed by atoms with E-state index < -0.39 is 66.0 Å². The molecule has 5 atom stereocenters. The summed E-state index contributed by atoms with van der Waals surface area (Å²) in [6.45, 7) is 11.4.